The van der Waals surface area contributed by atoms with E-state index in [0.29, 0.717) is 31.8 Å². The molecule has 1 amide bonds. The highest BCUT2D eigenvalue weighted by Crippen LogP contribution is 2.29. The number of hydrogen-bond donors (Lipinski definition) is 1. The van der Waals surface area contributed by atoms with Gasteiger partial charge in [-0.15, -0.1) is 0 Å². The van der Waals surface area contributed by atoms with E-state index in [0.717, 1.165) is 15.4 Å². The predicted molar refractivity (Wildman–Crippen MR) is 104 cm³/mol. The summed E-state index contributed by atoms with van der Waals surface area (Å²) in [5, 5.41) is 10.1. The molecule has 7 nitrogen and oxygen atoms in total. The summed E-state index contributed by atoms with van der Waals surface area (Å²) in [6, 6.07) is 5.47. The quantitative estimate of drug-likeness (QED) is 0.738. The fourth-order valence-electron chi connectivity index (χ4n) is 3.13. The Morgan fingerprint density at radius 2 is 2.11 bits per heavy atom. The number of nitrogens with zero attached hydrogens (tertiary/aromatic N) is 2. The topological polar surface area (TPSA) is 81.0 Å². The Kier molecular flexibility index (Phi) is 5.48. The molecule has 1 aromatic heterocycles. The third kappa shape index (κ3) is 4.62. The number of carbonyl (C=O) groups excluding carboxylic acids is 1. The van der Waals surface area contributed by atoms with Gasteiger partial charge < -0.3 is 24.0 Å². The van der Waals surface area contributed by atoms with Crippen LogP contribution in [0.4, 0.5) is 4.79 Å². The van der Waals surface area contributed by atoms with Gasteiger partial charge in [0.1, 0.15) is 5.60 Å². The van der Waals surface area contributed by atoms with E-state index in [1.165, 1.54) is 4.90 Å². The van der Waals surface area contributed by atoms with Crippen molar-refractivity contribution in [3.63, 3.8) is 0 Å². The molecule has 0 bridgehead atoms. The fourth-order valence-corrected chi connectivity index (χ4v) is 3.83. The van der Waals surface area contributed by atoms with Gasteiger partial charge in [-0.1, -0.05) is 0 Å². The van der Waals surface area contributed by atoms with E-state index >= 15 is 0 Å². The van der Waals surface area contributed by atoms with Gasteiger partial charge in [-0.2, -0.15) is 0 Å². The number of carboxylic acid groups (broad SMARTS) is 1. The minimum absolute atomic E-state index is 0.220. The third-order valence-corrected chi connectivity index (χ3v) is 4.86. The Bertz CT molecular complexity index is 871. The highest BCUT2D eigenvalue weighted by atomic mass is 79.9. The Morgan fingerprint density at radius 3 is 2.78 bits per heavy atom. The van der Waals surface area contributed by atoms with Crippen molar-refractivity contribution in [1.82, 2.24) is 9.47 Å². The first kappa shape index (κ1) is 19.7. The summed E-state index contributed by atoms with van der Waals surface area (Å²) in [4.78, 5) is 24.9. The van der Waals surface area contributed by atoms with Gasteiger partial charge in [0.15, 0.2) is 0 Å². The highest BCUT2D eigenvalue weighted by molar-refractivity contribution is 9.10. The number of rotatable bonds is 3. The molecule has 0 unspecified atom stereocenters. The summed E-state index contributed by atoms with van der Waals surface area (Å²) < 4.78 is 13.9. The predicted octanol–water partition coefficient (Wildman–Crippen LogP) is 3.74. The fraction of sp³-hybridized carbons (Fsp3) is 0.474. The molecule has 27 heavy (non-hydrogen) atoms. The number of esters is 1. The smallest absolute Gasteiger partial charge is 0.407 e. The van der Waals surface area contributed by atoms with Gasteiger partial charge in [-0.3, -0.25) is 0 Å². The van der Waals surface area contributed by atoms with Gasteiger partial charge >= 0.3 is 12.1 Å². The number of benzene rings is 1. The second kappa shape index (κ2) is 7.52. The minimum Gasteiger partial charge on any atom is -0.465 e. The van der Waals surface area contributed by atoms with Crippen LogP contribution in [0.3, 0.4) is 0 Å². The van der Waals surface area contributed by atoms with Crippen LogP contribution in [-0.2, 0) is 16.0 Å². The Hall–Kier alpha value is -2.06. The van der Waals surface area contributed by atoms with E-state index in [1.54, 1.807) is 12.1 Å². The zero-order chi connectivity index (χ0) is 19.8. The van der Waals surface area contributed by atoms with Gasteiger partial charge in [-0.05, 0) is 54.9 Å². The Balaban J connectivity index is 1.82. The molecule has 1 saturated heterocycles. The van der Waals surface area contributed by atoms with Crippen molar-refractivity contribution in [3.05, 3.63) is 34.4 Å². The Labute approximate surface area is 166 Å². The molecule has 2 heterocycles. The van der Waals surface area contributed by atoms with Crippen LogP contribution in [0.1, 0.15) is 31.1 Å². The molecule has 0 aliphatic carbocycles. The Morgan fingerprint density at radius 1 is 1.37 bits per heavy atom. The molecule has 1 aliphatic rings. The van der Waals surface area contributed by atoms with E-state index in [-0.39, 0.29) is 12.1 Å². The SMILES string of the molecule is CC(C)(C)OC(=O)c1cc(Br)c2c(ccn2C[C@@H]2CN(C(=O)O)CCO2)c1. The molecule has 146 valence electrons. The molecule has 1 N–H and O–H groups in total. The zero-order valence-corrected chi connectivity index (χ0v) is 17.2. The van der Waals surface area contributed by atoms with Crippen LogP contribution in [0.25, 0.3) is 10.9 Å². The maximum absolute atomic E-state index is 12.3. The lowest BCUT2D eigenvalue weighted by atomic mass is 10.1. The lowest BCUT2D eigenvalue weighted by Crippen LogP contribution is -2.46. The van der Waals surface area contributed by atoms with Crippen molar-refractivity contribution >= 4 is 38.9 Å². The first-order valence-corrected chi connectivity index (χ1v) is 9.54. The molecule has 2 aromatic rings. The van der Waals surface area contributed by atoms with Crippen molar-refractivity contribution in [2.24, 2.45) is 0 Å². The average molecular weight is 439 g/mol. The second-order valence-corrected chi connectivity index (χ2v) is 8.44. The van der Waals surface area contributed by atoms with Crippen molar-refractivity contribution in [3.8, 4) is 0 Å². The summed E-state index contributed by atoms with van der Waals surface area (Å²) >= 11 is 3.55. The molecular formula is C19H23BrN2O5. The number of ether oxygens (including phenoxy) is 2. The first-order chi connectivity index (χ1) is 12.6. The molecule has 1 aromatic carbocycles. The molecule has 1 aliphatic heterocycles. The molecule has 0 saturated carbocycles. The molecule has 1 atom stereocenters. The summed E-state index contributed by atoms with van der Waals surface area (Å²) in [6.07, 6.45) is 0.768. The van der Waals surface area contributed by atoms with E-state index in [4.69, 9.17) is 9.47 Å². The van der Waals surface area contributed by atoms with Crippen LogP contribution in [0.5, 0.6) is 0 Å². The van der Waals surface area contributed by atoms with Crippen LogP contribution in [0.2, 0.25) is 0 Å². The summed E-state index contributed by atoms with van der Waals surface area (Å²) in [5.74, 6) is -0.370. The molecular weight excluding hydrogens is 416 g/mol. The largest absolute Gasteiger partial charge is 0.465 e. The average Bonchev–Trinajstić information content (AvgIpc) is 2.97. The lowest BCUT2D eigenvalue weighted by molar-refractivity contribution is -0.0287. The van der Waals surface area contributed by atoms with Crippen LogP contribution in [-0.4, -0.2) is 58.0 Å². The van der Waals surface area contributed by atoms with E-state index < -0.39 is 11.7 Å². The number of halogens is 1. The molecule has 3 rings (SSSR count). The standard InChI is InChI=1S/C19H23BrN2O5/c1-19(2,3)27-17(23)13-8-12-4-5-21(16(12)15(20)9-13)10-14-11-22(18(24)25)6-7-26-14/h4-5,8-9,14H,6-7,10-11H2,1-3H3,(H,24,25)/t14-/m1/s1. The number of amides is 1. The maximum Gasteiger partial charge on any atom is 0.407 e. The number of carbonyl (C=O) groups is 2. The van der Waals surface area contributed by atoms with Crippen molar-refractivity contribution in [2.45, 2.75) is 39.0 Å². The van der Waals surface area contributed by atoms with Gasteiger partial charge in [0, 0.05) is 22.6 Å². The molecule has 0 spiro atoms. The summed E-state index contributed by atoms with van der Waals surface area (Å²) in [5.41, 5.74) is 0.852. The third-order valence-electron chi connectivity index (χ3n) is 4.26. The van der Waals surface area contributed by atoms with Crippen LogP contribution < -0.4 is 0 Å². The van der Waals surface area contributed by atoms with E-state index in [2.05, 4.69) is 15.9 Å². The van der Waals surface area contributed by atoms with Crippen molar-refractivity contribution < 1.29 is 24.2 Å². The maximum atomic E-state index is 12.3. The zero-order valence-electron chi connectivity index (χ0n) is 15.6. The van der Waals surface area contributed by atoms with Crippen LogP contribution in [0.15, 0.2) is 28.9 Å². The van der Waals surface area contributed by atoms with Gasteiger partial charge in [0.25, 0.3) is 0 Å². The first-order valence-electron chi connectivity index (χ1n) is 8.75. The molecule has 1 fully saturated rings. The van der Waals surface area contributed by atoms with E-state index in [1.807, 2.05) is 37.6 Å². The van der Waals surface area contributed by atoms with Crippen LogP contribution >= 0.6 is 15.9 Å². The number of fused-ring (bicyclic) bond motifs is 1. The van der Waals surface area contributed by atoms with Gasteiger partial charge in [0.05, 0.1) is 36.9 Å². The number of aromatic nitrogens is 1. The number of morpholine rings is 1. The summed E-state index contributed by atoms with van der Waals surface area (Å²) in [7, 11) is 0. The van der Waals surface area contributed by atoms with Crippen molar-refractivity contribution in [2.75, 3.05) is 19.7 Å². The second-order valence-electron chi connectivity index (χ2n) is 7.59. The minimum atomic E-state index is -0.927. The monoisotopic (exact) mass is 438 g/mol. The molecule has 8 heteroatoms. The van der Waals surface area contributed by atoms with E-state index in [9.17, 15) is 14.7 Å². The van der Waals surface area contributed by atoms with Crippen molar-refractivity contribution in [1.29, 1.82) is 0 Å². The normalized spacial score (nSPS) is 17.9. The van der Waals surface area contributed by atoms with Gasteiger partial charge in [-0.25, -0.2) is 9.59 Å². The van der Waals surface area contributed by atoms with Crippen LogP contribution in [0, 0.1) is 0 Å². The highest BCUT2D eigenvalue weighted by Gasteiger charge is 2.25. The summed E-state index contributed by atoms with van der Waals surface area (Å²) in [6.45, 7) is 7.14. The lowest BCUT2D eigenvalue weighted by Gasteiger charge is -2.31. The van der Waals surface area contributed by atoms with Gasteiger partial charge in [0.2, 0.25) is 0 Å². The number of hydrogen-bond acceptors (Lipinski definition) is 4. The molecule has 0 radical (unpaired) electrons.